The van der Waals surface area contributed by atoms with E-state index in [0.29, 0.717) is 12.8 Å². The van der Waals surface area contributed by atoms with Gasteiger partial charge in [0, 0.05) is 6.42 Å². The minimum Gasteiger partial charge on any atom is -0.454 e. The lowest BCUT2D eigenvalue weighted by molar-refractivity contribution is -0.305. The third-order valence-corrected chi connectivity index (χ3v) is 12.5. The van der Waals surface area contributed by atoms with Gasteiger partial charge in [-0.2, -0.15) is 0 Å². The number of rotatable bonds is 44. The maximum atomic E-state index is 13.3. The Balaban J connectivity index is 2.80. The molecule has 0 saturated carbocycles. The lowest BCUT2D eigenvalue weighted by atomic mass is 9.99. The minimum absolute atomic E-state index is 0.0973. The van der Waals surface area contributed by atoms with Crippen LogP contribution in [0.3, 0.4) is 0 Å². The van der Waals surface area contributed by atoms with Gasteiger partial charge >= 0.3 is 5.97 Å². The van der Waals surface area contributed by atoms with E-state index >= 15 is 0 Å². The number of hydrogen-bond acceptors (Lipinski definition) is 10. The van der Waals surface area contributed by atoms with Gasteiger partial charge in [0.1, 0.15) is 24.4 Å². The summed E-state index contributed by atoms with van der Waals surface area (Å²) in [6.45, 7) is 5.59. The van der Waals surface area contributed by atoms with E-state index in [9.17, 15) is 35.1 Å². The summed E-state index contributed by atoms with van der Waals surface area (Å²) >= 11 is 0. The Morgan fingerprint density at radius 2 is 1.09 bits per heavy atom. The number of aliphatic hydroxyl groups excluding tert-OH is 5. The molecule has 1 rings (SSSR count). The normalized spacial score (nSPS) is 20.5. The first-order valence-corrected chi connectivity index (χ1v) is 27.1. The van der Waals surface area contributed by atoms with Crippen LogP contribution in [0, 0.1) is 0 Å². The van der Waals surface area contributed by atoms with Crippen molar-refractivity contribution in [1.82, 2.24) is 5.32 Å². The predicted molar refractivity (Wildman–Crippen MR) is 273 cm³/mol. The molecule has 0 spiro atoms. The van der Waals surface area contributed by atoms with Crippen molar-refractivity contribution in [2.75, 3.05) is 13.2 Å². The summed E-state index contributed by atoms with van der Waals surface area (Å²) in [6.07, 6.45) is 42.7. The van der Waals surface area contributed by atoms with Crippen LogP contribution in [0.4, 0.5) is 0 Å². The van der Waals surface area contributed by atoms with E-state index in [-0.39, 0.29) is 19.4 Å². The Kier molecular flexibility index (Phi) is 41.5. The van der Waals surface area contributed by atoms with E-state index in [2.05, 4.69) is 56.5 Å². The first kappa shape index (κ1) is 62.4. The molecule has 11 nitrogen and oxygen atoms in total. The molecule has 8 atom stereocenters. The second-order valence-electron chi connectivity index (χ2n) is 18.6. The third-order valence-electron chi connectivity index (χ3n) is 12.5. The summed E-state index contributed by atoms with van der Waals surface area (Å²) < 4.78 is 17.5. The first-order chi connectivity index (χ1) is 32.7. The van der Waals surface area contributed by atoms with Crippen LogP contribution in [0.5, 0.6) is 0 Å². The van der Waals surface area contributed by atoms with Crippen LogP contribution in [0.15, 0.2) is 60.8 Å². The van der Waals surface area contributed by atoms with Gasteiger partial charge in [0.25, 0.3) is 0 Å². The predicted octanol–water partition coefficient (Wildman–Crippen LogP) is 11.5. The first-order valence-electron chi connectivity index (χ1n) is 27.1. The van der Waals surface area contributed by atoms with Gasteiger partial charge in [-0.15, -0.1) is 0 Å². The second kappa shape index (κ2) is 44.6. The van der Waals surface area contributed by atoms with Crippen molar-refractivity contribution in [2.24, 2.45) is 0 Å². The topological polar surface area (TPSA) is 175 Å². The van der Waals surface area contributed by atoms with Crippen LogP contribution >= 0.6 is 0 Å². The zero-order valence-corrected chi connectivity index (χ0v) is 42.5. The molecule has 0 aromatic heterocycles. The number of carbonyl (C=O) groups excluding carboxylic acids is 2. The summed E-state index contributed by atoms with van der Waals surface area (Å²) in [7, 11) is 0. The molecule has 1 heterocycles. The monoisotopic (exact) mass is 946 g/mol. The van der Waals surface area contributed by atoms with E-state index in [1.54, 1.807) is 6.08 Å². The van der Waals surface area contributed by atoms with Crippen LogP contribution in [-0.4, -0.2) is 99.6 Å². The smallest absolute Gasteiger partial charge is 0.306 e. The number of hydrogen-bond donors (Lipinski definition) is 6. The van der Waals surface area contributed by atoms with Crippen molar-refractivity contribution in [2.45, 2.75) is 269 Å². The lowest BCUT2D eigenvalue weighted by Gasteiger charge is -2.41. The van der Waals surface area contributed by atoms with Gasteiger partial charge in [-0.3, -0.25) is 9.59 Å². The van der Waals surface area contributed by atoms with Crippen molar-refractivity contribution in [3.05, 3.63) is 60.8 Å². The number of nitrogens with one attached hydrogen (secondary N) is 1. The van der Waals surface area contributed by atoms with Crippen molar-refractivity contribution in [1.29, 1.82) is 0 Å². The molecule has 8 unspecified atom stereocenters. The van der Waals surface area contributed by atoms with E-state index < -0.39 is 67.4 Å². The van der Waals surface area contributed by atoms with E-state index in [1.165, 1.54) is 96.3 Å². The van der Waals surface area contributed by atoms with Crippen molar-refractivity contribution >= 4 is 11.9 Å². The molecule has 1 aliphatic rings. The molecule has 6 N–H and O–H groups in total. The van der Waals surface area contributed by atoms with Crippen molar-refractivity contribution in [3.63, 3.8) is 0 Å². The van der Waals surface area contributed by atoms with Crippen LogP contribution in [0.1, 0.15) is 220 Å². The van der Waals surface area contributed by atoms with Gasteiger partial charge in [0.15, 0.2) is 12.4 Å². The van der Waals surface area contributed by atoms with Crippen molar-refractivity contribution in [3.8, 4) is 0 Å². The minimum atomic E-state index is -1.62. The van der Waals surface area contributed by atoms with Crippen LogP contribution in [0.2, 0.25) is 0 Å². The molecule has 67 heavy (non-hydrogen) atoms. The molecule has 0 aliphatic carbocycles. The van der Waals surface area contributed by atoms with Crippen LogP contribution < -0.4 is 5.32 Å². The van der Waals surface area contributed by atoms with E-state index in [1.807, 2.05) is 24.3 Å². The molecule has 0 aromatic carbocycles. The summed E-state index contributed by atoms with van der Waals surface area (Å²) in [6, 6.07) is -1.04. The van der Waals surface area contributed by atoms with E-state index in [0.717, 1.165) is 77.0 Å². The number of carbonyl (C=O) groups is 2. The average molecular weight is 946 g/mol. The Labute approximate surface area is 408 Å². The van der Waals surface area contributed by atoms with Gasteiger partial charge in [-0.05, 0) is 70.6 Å². The maximum Gasteiger partial charge on any atom is 0.306 e. The molecule has 1 fully saturated rings. The summed E-state index contributed by atoms with van der Waals surface area (Å²) in [4.78, 5) is 26.3. The molecule has 11 heteroatoms. The molecular formula is C56H99NO10. The molecule has 1 saturated heterocycles. The molecule has 1 amide bonds. The standard InChI is InChI=1S/C56H99NO10/c1-4-7-10-13-16-19-22-25-28-31-34-37-40-43-49(60)55(64)57-47(48(59)42-39-36-33-30-27-24-21-18-15-12-9-6-3)46-65-56-54(53(63)52(62)50(45-58)66-56)67-51(61)44-41-38-35-32-29-26-23-20-17-14-11-8-5-2/h8,11,14,17,20,23,28,31,39,42,47-50,52-54,56,58-60,62-63H,4-7,9-10,12-13,15-16,18-19,21-22,24-27,29-30,32-38,40-41,43-46H2,1-3H3,(H,57,64)/b11-8+,17-14+,23-20-,31-28-,42-39+. The number of ether oxygens (including phenoxy) is 3. The van der Waals surface area contributed by atoms with Crippen molar-refractivity contribution < 1.29 is 49.3 Å². The number of esters is 1. The Bertz CT molecular complexity index is 1320. The van der Waals surface area contributed by atoms with Crippen LogP contribution in [-0.2, 0) is 23.8 Å². The Hall–Kier alpha value is -2.64. The van der Waals surface area contributed by atoms with Gasteiger partial charge in [0.05, 0.1) is 25.4 Å². The van der Waals surface area contributed by atoms with Gasteiger partial charge in [-0.1, -0.05) is 204 Å². The zero-order chi connectivity index (χ0) is 49.0. The summed E-state index contributed by atoms with van der Waals surface area (Å²) in [5.74, 6) is -1.24. The second-order valence-corrected chi connectivity index (χ2v) is 18.6. The highest BCUT2D eigenvalue weighted by Gasteiger charge is 2.47. The highest BCUT2D eigenvalue weighted by molar-refractivity contribution is 5.80. The number of unbranched alkanes of at least 4 members (excludes halogenated alkanes) is 24. The third kappa shape index (κ3) is 33.5. The van der Waals surface area contributed by atoms with E-state index in [4.69, 9.17) is 14.2 Å². The fourth-order valence-electron chi connectivity index (χ4n) is 8.11. The largest absolute Gasteiger partial charge is 0.454 e. The summed E-state index contributed by atoms with van der Waals surface area (Å²) in [5, 5.41) is 56.6. The van der Waals surface area contributed by atoms with Gasteiger partial charge in [0.2, 0.25) is 5.91 Å². The lowest BCUT2D eigenvalue weighted by Crippen LogP contribution is -2.61. The maximum absolute atomic E-state index is 13.3. The fourth-order valence-corrected chi connectivity index (χ4v) is 8.11. The number of amides is 1. The van der Waals surface area contributed by atoms with Crippen LogP contribution in [0.25, 0.3) is 0 Å². The number of aliphatic hydroxyl groups is 5. The highest BCUT2D eigenvalue weighted by atomic mass is 16.7. The SMILES string of the molecule is CC/C=C/C=C/C=C\CCCCCCCC(=O)OC1C(OCC(NC(=O)C(O)CCCC/C=C\CCCCCCCCC)C(O)/C=C/CCCCCCCCCCCC)OC(CO)C(O)C1O. The molecular weight excluding hydrogens is 847 g/mol. The zero-order valence-electron chi connectivity index (χ0n) is 42.5. The molecule has 1 aliphatic heterocycles. The highest BCUT2D eigenvalue weighted by Crippen LogP contribution is 2.26. The molecule has 0 radical (unpaired) electrons. The fraction of sp³-hybridized carbons (Fsp3) is 0.786. The Morgan fingerprint density at radius 3 is 1.64 bits per heavy atom. The molecule has 388 valence electrons. The summed E-state index contributed by atoms with van der Waals surface area (Å²) in [5.41, 5.74) is 0. The quantitative estimate of drug-likeness (QED) is 0.0149. The molecule has 0 aromatic rings. The van der Waals surface area contributed by atoms with Gasteiger partial charge in [-0.25, -0.2) is 0 Å². The number of allylic oxidation sites excluding steroid dienone is 9. The average Bonchev–Trinajstić information content (AvgIpc) is 3.32. The molecule has 0 bridgehead atoms. The van der Waals surface area contributed by atoms with Gasteiger partial charge < -0.3 is 45.1 Å². The Morgan fingerprint density at radius 1 is 0.597 bits per heavy atom.